The summed E-state index contributed by atoms with van der Waals surface area (Å²) in [6.07, 6.45) is 6.23. The number of rotatable bonds is 4. The average Bonchev–Trinajstić information content (AvgIpc) is 3.06. The van der Waals surface area contributed by atoms with Crippen LogP contribution in [0.5, 0.6) is 0 Å². The molecule has 2 N–H and O–H groups in total. The molecule has 122 valence electrons. The van der Waals surface area contributed by atoms with Crippen LogP contribution in [0.4, 0.5) is 4.79 Å². The summed E-state index contributed by atoms with van der Waals surface area (Å²) in [5, 5.41) is 9.67. The minimum absolute atomic E-state index is 0.0986. The van der Waals surface area contributed by atoms with E-state index in [1.807, 2.05) is 37.3 Å². The van der Waals surface area contributed by atoms with Gasteiger partial charge in [0.1, 0.15) is 5.82 Å². The van der Waals surface area contributed by atoms with Gasteiger partial charge < -0.3 is 10.1 Å². The Morgan fingerprint density at radius 3 is 2.61 bits per heavy atom. The van der Waals surface area contributed by atoms with Gasteiger partial charge in [0.25, 0.3) is 0 Å². The van der Waals surface area contributed by atoms with Gasteiger partial charge in [-0.2, -0.15) is 0 Å². The van der Waals surface area contributed by atoms with Crippen molar-refractivity contribution in [2.75, 3.05) is 0 Å². The van der Waals surface area contributed by atoms with Gasteiger partial charge >= 0.3 is 6.09 Å². The van der Waals surface area contributed by atoms with Crippen molar-refractivity contribution >= 4 is 6.09 Å². The summed E-state index contributed by atoms with van der Waals surface area (Å²) in [5.41, 5.74) is 1.97. The quantitative estimate of drug-likeness (QED) is 0.876. The average molecular weight is 313 g/mol. The number of nitrogens with zero attached hydrogens (tertiary/aromatic N) is 2. The molecule has 1 saturated carbocycles. The second-order valence-electron chi connectivity index (χ2n) is 6.21. The first-order valence-electron chi connectivity index (χ1n) is 8.28. The van der Waals surface area contributed by atoms with Crippen molar-refractivity contribution in [3.8, 4) is 11.3 Å². The van der Waals surface area contributed by atoms with E-state index < -0.39 is 6.09 Å². The number of nitrogens with one attached hydrogen (secondary N) is 1. The van der Waals surface area contributed by atoms with Crippen molar-refractivity contribution in [1.29, 1.82) is 0 Å². The molecule has 1 heterocycles. The highest BCUT2D eigenvalue weighted by Crippen LogP contribution is 2.30. The second-order valence-corrected chi connectivity index (χ2v) is 6.21. The zero-order valence-corrected chi connectivity index (χ0v) is 13.4. The number of imidazole rings is 1. The third kappa shape index (κ3) is 3.38. The number of hydrogen-bond acceptors (Lipinski definition) is 2. The Kier molecular flexibility index (Phi) is 4.65. The van der Waals surface area contributed by atoms with Crippen LogP contribution in [0.15, 0.2) is 36.5 Å². The Bertz CT molecular complexity index is 647. The molecule has 0 aliphatic heterocycles. The summed E-state index contributed by atoms with van der Waals surface area (Å²) in [7, 11) is 0. The molecule has 23 heavy (non-hydrogen) atoms. The molecular formula is C18H23N3O2. The molecule has 1 fully saturated rings. The van der Waals surface area contributed by atoms with Gasteiger partial charge in [-0.05, 0) is 25.3 Å². The number of aromatic amines is 1. The maximum Gasteiger partial charge on any atom is 0.408 e. The summed E-state index contributed by atoms with van der Waals surface area (Å²) in [6, 6.07) is 9.78. The molecule has 1 aliphatic carbocycles. The number of benzene rings is 1. The van der Waals surface area contributed by atoms with Crippen LogP contribution in [0, 0.1) is 0 Å². The molecule has 5 nitrogen and oxygen atoms in total. The van der Waals surface area contributed by atoms with E-state index in [1.165, 1.54) is 6.42 Å². The standard InChI is InChI=1S/C18H23N3O2/c1-13(21(18(22)23)15-10-6-3-7-11-15)17-19-12-16(20-17)14-8-4-2-5-9-14/h2,4-5,8-9,12-13,15H,3,6-7,10-11H2,1H3,(H,19,20)(H,22,23). The first-order valence-corrected chi connectivity index (χ1v) is 8.28. The Morgan fingerprint density at radius 1 is 1.26 bits per heavy atom. The van der Waals surface area contributed by atoms with Crippen molar-refractivity contribution < 1.29 is 9.90 Å². The SMILES string of the molecule is CC(c1ncc(-c2ccccc2)[nH]1)N(C(=O)O)C1CCCCC1. The zero-order valence-electron chi connectivity index (χ0n) is 13.4. The number of carbonyl (C=O) groups is 1. The van der Waals surface area contributed by atoms with Crippen LogP contribution in [-0.2, 0) is 0 Å². The molecule has 0 saturated heterocycles. The topological polar surface area (TPSA) is 69.2 Å². The summed E-state index contributed by atoms with van der Waals surface area (Å²) in [6.45, 7) is 1.91. The lowest BCUT2D eigenvalue weighted by Crippen LogP contribution is -2.42. The van der Waals surface area contributed by atoms with Crippen LogP contribution in [0.1, 0.15) is 50.9 Å². The van der Waals surface area contributed by atoms with Gasteiger partial charge in [0.05, 0.1) is 17.9 Å². The van der Waals surface area contributed by atoms with Gasteiger partial charge in [-0.1, -0.05) is 49.6 Å². The smallest absolute Gasteiger partial charge is 0.408 e. The van der Waals surface area contributed by atoms with Crippen LogP contribution in [0.3, 0.4) is 0 Å². The normalized spacial score (nSPS) is 16.9. The van der Waals surface area contributed by atoms with Gasteiger partial charge in [-0.3, -0.25) is 4.90 Å². The van der Waals surface area contributed by atoms with Crippen LogP contribution in [0.25, 0.3) is 11.3 Å². The van der Waals surface area contributed by atoms with E-state index in [4.69, 9.17) is 0 Å². The largest absolute Gasteiger partial charge is 0.465 e. The lowest BCUT2D eigenvalue weighted by atomic mass is 9.93. The fourth-order valence-corrected chi connectivity index (χ4v) is 3.44. The van der Waals surface area contributed by atoms with Crippen LogP contribution in [-0.4, -0.2) is 32.1 Å². The first-order chi connectivity index (χ1) is 11.2. The van der Waals surface area contributed by atoms with E-state index in [0.29, 0.717) is 5.82 Å². The molecule has 1 aromatic carbocycles. The Morgan fingerprint density at radius 2 is 1.96 bits per heavy atom. The summed E-state index contributed by atoms with van der Waals surface area (Å²) >= 11 is 0. The Hall–Kier alpha value is -2.30. The highest BCUT2D eigenvalue weighted by atomic mass is 16.4. The minimum atomic E-state index is -0.859. The summed E-state index contributed by atoms with van der Waals surface area (Å²) in [5.74, 6) is 0.705. The molecule has 2 aromatic rings. The molecule has 5 heteroatoms. The van der Waals surface area contributed by atoms with Crippen LogP contribution in [0.2, 0.25) is 0 Å². The van der Waals surface area contributed by atoms with Gasteiger partial charge in [-0.15, -0.1) is 0 Å². The van der Waals surface area contributed by atoms with Crippen molar-refractivity contribution in [2.45, 2.75) is 51.1 Å². The lowest BCUT2D eigenvalue weighted by molar-refractivity contribution is 0.0861. The number of H-pyrrole nitrogens is 1. The molecule has 0 bridgehead atoms. The monoisotopic (exact) mass is 313 g/mol. The van der Waals surface area contributed by atoms with E-state index >= 15 is 0 Å². The maximum absolute atomic E-state index is 11.8. The molecule has 1 amide bonds. The van der Waals surface area contributed by atoms with E-state index in [2.05, 4.69) is 9.97 Å². The van der Waals surface area contributed by atoms with Crippen molar-refractivity contribution in [1.82, 2.24) is 14.9 Å². The van der Waals surface area contributed by atoms with Crippen LogP contribution >= 0.6 is 0 Å². The van der Waals surface area contributed by atoms with Gasteiger partial charge in [-0.25, -0.2) is 9.78 Å². The molecule has 3 rings (SSSR count). The van der Waals surface area contributed by atoms with E-state index in [0.717, 1.165) is 36.9 Å². The van der Waals surface area contributed by atoms with Crippen molar-refractivity contribution in [3.63, 3.8) is 0 Å². The third-order valence-corrected chi connectivity index (χ3v) is 4.68. The molecule has 0 radical (unpaired) electrons. The molecule has 1 atom stereocenters. The molecule has 1 unspecified atom stereocenters. The van der Waals surface area contributed by atoms with Gasteiger partial charge in [0.15, 0.2) is 0 Å². The van der Waals surface area contributed by atoms with Crippen molar-refractivity contribution in [2.24, 2.45) is 0 Å². The van der Waals surface area contributed by atoms with Gasteiger partial charge in [0.2, 0.25) is 0 Å². The lowest BCUT2D eigenvalue weighted by Gasteiger charge is -2.35. The zero-order chi connectivity index (χ0) is 16.2. The summed E-state index contributed by atoms with van der Waals surface area (Å²) < 4.78 is 0. The number of carboxylic acid groups (broad SMARTS) is 1. The van der Waals surface area contributed by atoms with E-state index in [-0.39, 0.29) is 12.1 Å². The molecular weight excluding hydrogens is 290 g/mol. The predicted octanol–water partition coefficient (Wildman–Crippen LogP) is 4.45. The Labute approximate surface area is 136 Å². The molecule has 1 aromatic heterocycles. The van der Waals surface area contributed by atoms with E-state index in [1.54, 1.807) is 11.1 Å². The fourth-order valence-electron chi connectivity index (χ4n) is 3.44. The summed E-state index contributed by atoms with van der Waals surface area (Å²) in [4.78, 5) is 21.1. The minimum Gasteiger partial charge on any atom is -0.465 e. The maximum atomic E-state index is 11.8. The van der Waals surface area contributed by atoms with Crippen LogP contribution < -0.4 is 0 Å². The highest BCUT2D eigenvalue weighted by molar-refractivity contribution is 5.66. The Balaban J connectivity index is 1.81. The third-order valence-electron chi connectivity index (χ3n) is 4.68. The number of aromatic nitrogens is 2. The van der Waals surface area contributed by atoms with Crippen molar-refractivity contribution in [3.05, 3.63) is 42.4 Å². The predicted molar refractivity (Wildman–Crippen MR) is 89.2 cm³/mol. The first kappa shape index (κ1) is 15.6. The molecule has 1 aliphatic rings. The molecule has 0 spiro atoms. The highest BCUT2D eigenvalue weighted by Gasteiger charge is 2.31. The second kappa shape index (κ2) is 6.86. The van der Waals surface area contributed by atoms with Gasteiger partial charge in [0, 0.05) is 6.04 Å². The fraction of sp³-hybridized carbons (Fsp3) is 0.444. The number of amides is 1. The number of hydrogen-bond donors (Lipinski definition) is 2. The van der Waals surface area contributed by atoms with E-state index in [9.17, 15) is 9.90 Å².